The Balaban J connectivity index is 1.80. The average molecular weight is 348 g/mol. The molecule has 1 aliphatic rings. The predicted molar refractivity (Wildman–Crippen MR) is 95.4 cm³/mol. The molecule has 0 spiro atoms. The van der Waals surface area contributed by atoms with Crippen LogP contribution in [-0.4, -0.2) is 61.8 Å². The summed E-state index contributed by atoms with van der Waals surface area (Å²) in [5.41, 5.74) is 0.378. The van der Waals surface area contributed by atoms with Gasteiger partial charge >= 0.3 is 5.97 Å². The number of piperidine rings is 1. The van der Waals surface area contributed by atoms with Gasteiger partial charge in [-0.15, -0.1) is 0 Å². The second-order valence-electron chi connectivity index (χ2n) is 6.73. The van der Waals surface area contributed by atoms with Crippen molar-refractivity contribution in [2.45, 2.75) is 25.7 Å². The van der Waals surface area contributed by atoms with Crippen LogP contribution in [0.2, 0.25) is 0 Å². The third kappa shape index (κ3) is 5.83. The molecule has 1 heterocycles. The lowest BCUT2D eigenvalue weighted by Crippen LogP contribution is -2.51. The van der Waals surface area contributed by atoms with Crippen molar-refractivity contribution in [3.63, 3.8) is 0 Å². The molecule has 0 unspecified atom stereocenters. The summed E-state index contributed by atoms with van der Waals surface area (Å²) in [6.07, 6.45) is 2.69. The molecule has 1 aliphatic heterocycles. The molecule has 1 fully saturated rings. The number of aliphatic carboxylic acids is 1. The van der Waals surface area contributed by atoms with Gasteiger partial charge in [-0.05, 0) is 37.8 Å². The molecule has 0 radical (unpaired) electrons. The number of nitrogens with zero attached hydrogens (tertiary/aromatic N) is 1. The molecule has 2 N–H and O–H groups in total. The lowest BCUT2D eigenvalue weighted by molar-refractivity contribution is -0.154. The molecule has 1 saturated heterocycles. The number of hydrogen-bond donors (Lipinski definition) is 2. The maximum Gasteiger partial charge on any atom is 0.311 e. The van der Waals surface area contributed by atoms with Crippen molar-refractivity contribution in [1.29, 1.82) is 0 Å². The van der Waals surface area contributed by atoms with Gasteiger partial charge in [0, 0.05) is 26.8 Å². The topological polar surface area (TPSA) is 78.9 Å². The summed E-state index contributed by atoms with van der Waals surface area (Å²) >= 11 is 0. The highest BCUT2D eigenvalue weighted by atomic mass is 16.5. The van der Waals surface area contributed by atoms with E-state index in [1.54, 1.807) is 7.11 Å². The molecule has 0 aromatic heterocycles. The summed E-state index contributed by atoms with van der Waals surface area (Å²) in [7, 11) is 1.58. The van der Waals surface area contributed by atoms with Gasteiger partial charge in [0.1, 0.15) is 0 Å². The molecule has 6 heteroatoms. The van der Waals surface area contributed by atoms with E-state index in [4.69, 9.17) is 4.74 Å². The van der Waals surface area contributed by atoms with Crippen LogP contribution in [0.3, 0.4) is 0 Å². The zero-order chi connectivity index (χ0) is 18.1. The Morgan fingerprint density at radius 1 is 1.32 bits per heavy atom. The number of carboxylic acid groups (broad SMARTS) is 1. The van der Waals surface area contributed by atoms with Crippen LogP contribution in [0.25, 0.3) is 0 Å². The number of carboxylic acids is 1. The molecule has 1 aromatic rings. The number of likely N-dealkylation sites (tertiary alicyclic amines) is 1. The minimum Gasteiger partial charge on any atom is -0.481 e. The van der Waals surface area contributed by atoms with E-state index in [0.29, 0.717) is 32.5 Å². The Hall–Kier alpha value is -1.92. The van der Waals surface area contributed by atoms with Crippen LogP contribution in [0, 0.1) is 5.41 Å². The highest BCUT2D eigenvalue weighted by Gasteiger charge is 2.42. The minimum absolute atomic E-state index is 0.0520. The summed E-state index contributed by atoms with van der Waals surface area (Å²) in [4.78, 5) is 25.9. The molecule has 6 nitrogen and oxygen atoms in total. The Kier molecular flexibility index (Phi) is 7.40. The first-order valence-corrected chi connectivity index (χ1v) is 8.81. The van der Waals surface area contributed by atoms with Crippen LogP contribution in [0.4, 0.5) is 0 Å². The van der Waals surface area contributed by atoms with Crippen molar-refractivity contribution < 1.29 is 19.4 Å². The van der Waals surface area contributed by atoms with E-state index in [1.807, 2.05) is 35.2 Å². The Morgan fingerprint density at radius 3 is 2.76 bits per heavy atom. The van der Waals surface area contributed by atoms with E-state index in [0.717, 1.165) is 19.4 Å². The fourth-order valence-electron chi connectivity index (χ4n) is 3.40. The summed E-state index contributed by atoms with van der Waals surface area (Å²) in [5.74, 6) is -0.845. The molecule has 0 aliphatic carbocycles. The number of amides is 1. The summed E-state index contributed by atoms with van der Waals surface area (Å²) < 4.78 is 5.07. The van der Waals surface area contributed by atoms with Gasteiger partial charge in [0.2, 0.25) is 5.91 Å². The molecule has 25 heavy (non-hydrogen) atoms. The first kappa shape index (κ1) is 19.4. The Bertz CT molecular complexity index is 564. The van der Waals surface area contributed by atoms with Crippen molar-refractivity contribution in [3.05, 3.63) is 35.9 Å². The molecule has 2 rings (SSSR count). The third-order valence-electron chi connectivity index (χ3n) is 4.84. The van der Waals surface area contributed by atoms with Gasteiger partial charge in [-0.2, -0.15) is 0 Å². The monoisotopic (exact) mass is 348 g/mol. The second kappa shape index (κ2) is 9.53. The molecule has 0 bridgehead atoms. The quantitative estimate of drug-likeness (QED) is 0.708. The zero-order valence-corrected chi connectivity index (χ0v) is 14.9. The van der Waals surface area contributed by atoms with Crippen LogP contribution < -0.4 is 5.32 Å². The van der Waals surface area contributed by atoms with Gasteiger partial charge in [0.05, 0.1) is 12.0 Å². The van der Waals surface area contributed by atoms with Gasteiger partial charge in [0.25, 0.3) is 0 Å². The standard InChI is InChI=1S/C19H28N2O4/c1-25-13-10-19(18(23)24)9-5-12-21(15-19)14-17(22)20-11-8-16-6-3-2-4-7-16/h2-4,6-7H,5,8-15H2,1H3,(H,20,22)(H,23,24)/t19-/m0/s1. The SMILES string of the molecule is COCC[C@@]1(C(=O)O)CCCN(CC(=O)NCCc2ccccc2)C1. The number of rotatable bonds is 9. The number of carbonyl (C=O) groups is 2. The van der Waals surface area contributed by atoms with Crippen molar-refractivity contribution in [2.24, 2.45) is 5.41 Å². The maximum atomic E-state index is 12.2. The van der Waals surface area contributed by atoms with Crippen LogP contribution in [0.5, 0.6) is 0 Å². The van der Waals surface area contributed by atoms with Crippen LogP contribution in [0.15, 0.2) is 30.3 Å². The summed E-state index contributed by atoms with van der Waals surface area (Å²) in [6.45, 7) is 2.41. The third-order valence-corrected chi connectivity index (χ3v) is 4.84. The minimum atomic E-state index is -0.807. The van der Waals surface area contributed by atoms with Gasteiger partial charge in [-0.3, -0.25) is 14.5 Å². The van der Waals surface area contributed by atoms with E-state index >= 15 is 0 Å². The molecule has 1 aromatic carbocycles. The van der Waals surface area contributed by atoms with E-state index in [9.17, 15) is 14.7 Å². The largest absolute Gasteiger partial charge is 0.481 e. The van der Waals surface area contributed by atoms with Gasteiger partial charge in [-0.25, -0.2) is 0 Å². The van der Waals surface area contributed by atoms with E-state index < -0.39 is 11.4 Å². The van der Waals surface area contributed by atoms with Gasteiger partial charge in [0.15, 0.2) is 0 Å². The van der Waals surface area contributed by atoms with Crippen molar-refractivity contribution in [3.8, 4) is 0 Å². The Morgan fingerprint density at radius 2 is 2.08 bits per heavy atom. The first-order chi connectivity index (χ1) is 12.1. The van der Waals surface area contributed by atoms with Crippen LogP contribution in [0.1, 0.15) is 24.8 Å². The molecule has 0 saturated carbocycles. The van der Waals surface area contributed by atoms with Gasteiger partial charge in [-0.1, -0.05) is 30.3 Å². The van der Waals surface area contributed by atoms with Crippen LogP contribution in [-0.2, 0) is 20.7 Å². The molecule has 1 atom stereocenters. The average Bonchev–Trinajstić information content (AvgIpc) is 2.61. The van der Waals surface area contributed by atoms with Crippen molar-refractivity contribution in [2.75, 3.05) is 39.9 Å². The maximum absolute atomic E-state index is 12.2. The molecule has 138 valence electrons. The normalized spacial score (nSPS) is 21.0. The predicted octanol–water partition coefficient (Wildman–Crippen LogP) is 1.55. The first-order valence-electron chi connectivity index (χ1n) is 8.81. The fourth-order valence-corrected chi connectivity index (χ4v) is 3.40. The highest BCUT2D eigenvalue weighted by molar-refractivity contribution is 5.78. The number of carbonyl (C=O) groups excluding carboxylic acids is 1. The summed E-state index contributed by atoms with van der Waals surface area (Å²) in [5, 5.41) is 12.6. The van der Waals surface area contributed by atoms with E-state index in [2.05, 4.69) is 5.32 Å². The number of nitrogens with one attached hydrogen (secondary N) is 1. The Labute approximate surface area is 149 Å². The van der Waals surface area contributed by atoms with E-state index in [-0.39, 0.29) is 12.5 Å². The second-order valence-corrected chi connectivity index (χ2v) is 6.73. The molecule has 1 amide bonds. The van der Waals surface area contributed by atoms with E-state index in [1.165, 1.54) is 5.56 Å². The number of methoxy groups -OCH3 is 1. The molecular weight excluding hydrogens is 320 g/mol. The summed E-state index contributed by atoms with van der Waals surface area (Å²) in [6, 6.07) is 10.0. The number of hydrogen-bond acceptors (Lipinski definition) is 4. The van der Waals surface area contributed by atoms with Crippen molar-refractivity contribution >= 4 is 11.9 Å². The smallest absolute Gasteiger partial charge is 0.311 e. The fraction of sp³-hybridized carbons (Fsp3) is 0.579. The highest BCUT2D eigenvalue weighted by Crippen LogP contribution is 2.33. The van der Waals surface area contributed by atoms with Crippen LogP contribution >= 0.6 is 0 Å². The number of benzene rings is 1. The lowest BCUT2D eigenvalue weighted by Gasteiger charge is -2.39. The molecular formula is C19H28N2O4. The van der Waals surface area contributed by atoms with Gasteiger partial charge < -0.3 is 15.2 Å². The van der Waals surface area contributed by atoms with Crippen molar-refractivity contribution in [1.82, 2.24) is 10.2 Å². The zero-order valence-electron chi connectivity index (χ0n) is 14.9. The lowest BCUT2D eigenvalue weighted by atomic mass is 9.77. The number of ether oxygens (including phenoxy) is 1.